The first-order valence-corrected chi connectivity index (χ1v) is 7.37. The number of anilines is 1. The Bertz CT molecular complexity index is 871. The summed E-state index contributed by atoms with van der Waals surface area (Å²) in [5.41, 5.74) is -1.44. The topological polar surface area (TPSA) is 125 Å². The molecule has 0 saturated carbocycles. The molecule has 2 aromatic carbocycles. The molecule has 2 rings (SSSR count). The number of hydrogen-bond acceptors (Lipinski definition) is 7. The van der Waals surface area contributed by atoms with E-state index in [9.17, 15) is 29.4 Å². The lowest BCUT2D eigenvalue weighted by atomic mass is 10.1. The summed E-state index contributed by atoms with van der Waals surface area (Å²) in [6, 6.07) is 7.66. The van der Waals surface area contributed by atoms with Gasteiger partial charge in [0.05, 0.1) is 28.6 Å². The van der Waals surface area contributed by atoms with E-state index in [4.69, 9.17) is 0 Å². The Hall–Kier alpha value is -3.56. The van der Waals surface area contributed by atoms with Crippen molar-refractivity contribution >= 4 is 23.0 Å². The first-order valence-electron chi connectivity index (χ1n) is 7.37. The molecular weight excluding hydrogens is 349 g/mol. The quantitative estimate of drug-likeness (QED) is 0.455. The summed E-state index contributed by atoms with van der Waals surface area (Å²) in [6.07, 6.45) is 0.182. The molecule has 0 unspecified atom stereocenters. The number of benzene rings is 2. The van der Waals surface area contributed by atoms with Crippen molar-refractivity contribution < 1.29 is 23.8 Å². The Morgan fingerprint density at radius 1 is 1.19 bits per heavy atom. The van der Waals surface area contributed by atoms with Crippen LogP contribution in [0.1, 0.15) is 15.9 Å². The van der Waals surface area contributed by atoms with Crippen LogP contribution in [0.3, 0.4) is 0 Å². The third kappa shape index (κ3) is 4.09. The summed E-state index contributed by atoms with van der Waals surface area (Å²) in [7, 11) is 1.05. The predicted octanol–water partition coefficient (Wildman–Crippen LogP) is 3.08. The van der Waals surface area contributed by atoms with Crippen molar-refractivity contribution in [2.45, 2.75) is 6.42 Å². The maximum atomic E-state index is 13.6. The van der Waals surface area contributed by atoms with Gasteiger partial charge in [-0.25, -0.2) is 9.18 Å². The molecule has 0 bridgehead atoms. The second-order valence-electron chi connectivity index (χ2n) is 5.16. The molecule has 9 nitrogen and oxygen atoms in total. The summed E-state index contributed by atoms with van der Waals surface area (Å²) in [5, 5.41) is 24.9. The van der Waals surface area contributed by atoms with E-state index in [1.807, 2.05) is 0 Å². The normalized spacial score (nSPS) is 10.2. The zero-order valence-electron chi connectivity index (χ0n) is 13.6. The minimum absolute atomic E-state index is 0.0591. The van der Waals surface area contributed by atoms with E-state index in [1.165, 1.54) is 12.1 Å². The van der Waals surface area contributed by atoms with Crippen LogP contribution in [0.2, 0.25) is 0 Å². The molecule has 0 amide bonds. The lowest BCUT2D eigenvalue weighted by Crippen LogP contribution is -2.14. The van der Waals surface area contributed by atoms with Crippen LogP contribution in [0.5, 0.6) is 0 Å². The summed E-state index contributed by atoms with van der Waals surface area (Å²) in [5.74, 6) is -1.40. The van der Waals surface area contributed by atoms with Crippen molar-refractivity contribution in [3.8, 4) is 0 Å². The minimum Gasteiger partial charge on any atom is -0.465 e. The van der Waals surface area contributed by atoms with E-state index in [2.05, 4.69) is 10.1 Å². The van der Waals surface area contributed by atoms with Crippen LogP contribution in [-0.2, 0) is 11.2 Å². The van der Waals surface area contributed by atoms with E-state index in [1.54, 1.807) is 12.1 Å². The van der Waals surface area contributed by atoms with Crippen LogP contribution in [0, 0.1) is 26.0 Å². The van der Waals surface area contributed by atoms with Crippen molar-refractivity contribution in [3.63, 3.8) is 0 Å². The fourth-order valence-corrected chi connectivity index (χ4v) is 2.34. The molecule has 0 saturated heterocycles. The monoisotopic (exact) mass is 363 g/mol. The second-order valence-corrected chi connectivity index (χ2v) is 5.16. The van der Waals surface area contributed by atoms with Gasteiger partial charge in [0.15, 0.2) is 0 Å². The van der Waals surface area contributed by atoms with E-state index in [-0.39, 0.29) is 24.2 Å². The Labute approximate surface area is 146 Å². The third-order valence-electron chi connectivity index (χ3n) is 3.57. The molecule has 0 atom stereocenters. The van der Waals surface area contributed by atoms with Gasteiger partial charge in [-0.1, -0.05) is 18.2 Å². The Morgan fingerprint density at radius 3 is 2.46 bits per heavy atom. The zero-order valence-corrected chi connectivity index (χ0v) is 13.6. The van der Waals surface area contributed by atoms with Crippen LogP contribution in [-0.4, -0.2) is 29.5 Å². The lowest BCUT2D eigenvalue weighted by molar-refractivity contribution is -0.393. The molecule has 0 heterocycles. The van der Waals surface area contributed by atoms with Crippen LogP contribution < -0.4 is 5.32 Å². The highest BCUT2D eigenvalue weighted by Crippen LogP contribution is 2.33. The molecular formula is C16H14FN3O6. The molecule has 0 aliphatic carbocycles. The van der Waals surface area contributed by atoms with Gasteiger partial charge in [0, 0.05) is 12.6 Å². The Balaban J connectivity index is 2.38. The second kappa shape index (κ2) is 8.01. The number of rotatable bonds is 7. The summed E-state index contributed by atoms with van der Waals surface area (Å²) >= 11 is 0. The van der Waals surface area contributed by atoms with Gasteiger partial charge in [-0.05, 0) is 18.1 Å². The van der Waals surface area contributed by atoms with E-state index in [0.29, 0.717) is 5.56 Å². The average molecular weight is 363 g/mol. The lowest BCUT2D eigenvalue weighted by Gasteiger charge is -2.11. The van der Waals surface area contributed by atoms with Crippen LogP contribution >= 0.6 is 0 Å². The number of ether oxygens (including phenoxy) is 1. The molecule has 0 radical (unpaired) electrons. The number of carbonyl (C=O) groups is 1. The number of non-ortho nitro benzene ring substituents is 1. The van der Waals surface area contributed by atoms with Crippen molar-refractivity contribution in [2.24, 2.45) is 0 Å². The Kier molecular flexibility index (Phi) is 5.78. The smallest absolute Gasteiger partial charge is 0.340 e. The number of nitrogens with one attached hydrogen (secondary N) is 1. The number of esters is 1. The number of nitro benzene ring substituents is 2. The molecule has 10 heteroatoms. The van der Waals surface area contributed by atoms with Crippen LogP contribution in [0.25, 0.3) is 0 Å². The fraction of sp³-hybridized carbons (Fsp3) is 0.188. The van der Waals surface area contributed by atoms with Gasteiger partial charge >= 0.3 is 5.97 Å². The molecule has 2 aromatic rings. The average Bonchev–Trinajstić information content (AvgIpc) is 2.62. The predicted molar refractivity (Wildman–Crippen MR) is 89.7 cm³/mol. The molecule has 136 valence electrons. The molecule has 1 N–H and O–H groups in total. The summed E-state index contributed by atoms with van der Waals surface area (Å²) < 4.78 is 18.2. The number of nitro groups is 2. The van der Waals surface area contributed by atoms with E-state index in [0.717, 1.165) is 19.2 Å². The number of hydrogen-bond donors (Lipinski definition) is 1. The van der Waals surface area contributed by atoms with Gasteiger partial charge in [0.2, 0.25) is 0 Å². The van der Waals surface area contributed by atoms with Crippen molar-refractivity contribution in [1.29, 1.82) is 0 Å². The van der Waals surface area contributed by atoms with Crippen LogP contribution in [0.4, 0.5) is 21.5 Å². The van der Waals surface area contributed by atoms with Crippen molar-refractivity contribution in [2.75, 3.05) is 19.0 Å². The highest BCUT2D eigenvalue weighted by Gasteiger charge is 2.27. The maximum absolute atomic E-state index is 13.6. The summed E-state index contributed by atoms with van der Waals surface area (Å²) in [4.78, 5) is 32.4. The minimum atomic E-state index is -0.967. The number of nitrogens with zero attached hydrogens (tertiary/aromatic N) is 2. The first-order chi connectivity index (χ1) is 12.3. The number of carbonyl (C=O) groups excluding carboxylic acids is 1. The largest absolute Gasteiger partial charge is 0.465 e. The standard InChI is InChI=1S/C16H14FN3O6/c1-26-16(21)12-8-11(19(22)23)9-14(20(24)25)15(12)18-7-6-10-4-2-3-5-13(10)17/h2-5,8-9,18H,6-7H2,1H3. The van der Waals surface area contributed by atoms with Gasteiger partial charge < -0.3 is 10.1 Å². The molecule has 0 aliphatic heterocycles. The molecule has 26 heavy (non-hydrogen) atoms. The van der Waals surface area contributed by atoms with E-state index < -0.39 is 33.0 Å². The van der Waals surface area contributed by atoms with Gasteiger partial charge in [-0.15, -0.1) is 0 Å². The molecule has 0 aliphatic rings. The van der Waals surface area contributed by atoms with Gasteiger partial charge in [0.25, 0.3) is 11.4 Å². The summed E-state index contributed by atoms with van der Waals surface area (Å²) in [6.45, 7) is 0.0591. The fourth-order valence-electron chi connectivity index (χ4n) is 2.34. The maximum Gasteiger partial charge on any atom is 0.340 e. The van der Waals surface area contributed by atoms with E-state index >= 15 is 0 Å². The first kappa shape index (κ1) is 18.8. The van der Waals surface area contributed by atoms with Gasteiger partial charge in [-0.2, -0.15) is 0 Å². The van der Waals surface area contributed by atoms with Gasteiger partial charge in [-0.3, -0.25) is 20.2 Å². The number of methoxy groups -OCH3 is 1. The SMILES string of the molecule is COC(=O)c1cc([N+](=O)[O-])cc([N+](=O)[O-])c1NCCc1ccccc1F. The third-order valence-corrected chi connectivity index (χ3v) is 3.57. The van der Waals surface area contributed by atoms with Gasteiger partial charge in [0.1, 0.15) is 11.5 Å². The zero-order chi connectivity index (χ0) is 19.3. The van der Waals surface area contributed by atoms with Crippen molar-refractivity contribution in [3.05, 3.63) is 73.6 Å². The highest BCUT2D eigenvalue weighted by molar-refractivity contribution is 5.99. The molecule has 0 fully saturated rings. The highest BCUT2D eigenvalue weighted by atomic mass is 19.1. The van der Waals surface area contributed by atoms with Crippen molar-refractivity contribution in [1.82, 2.24) is 0 Å². The molecule has 0 aromatic heterocycles. The number of halogens is 1. The molecule has 0 spiro atoms. The van der Waals surface area contributed by atoms with Crippen LogP contribution in [0.15, 0.2) is 36.4 Å². The Morgan fingerprint density at radius 2 is 1.88 bits per heavy atom.